The van der Waals surface area contributed by atoms with Crippen molar-refractivity contribution in [3.8, 4) is 11.5 Å². The Morgan fingerprint density at radius 1 is 1.06 bits per heavy atom. The van der Waals surface area contributed by atoms with Crippen LogP contribution in [0.2, 0.25) is 5.02 Å². The van der Waals surface area contributed by atoms with E-state index >= 15 is 0 Å². The van der Waals surface area contributed by atoms with Crippen LogP contribution >= 0.6 is 11.6 Å². The highest BCUT2D eigenvalue weighted by Crippen LogP contribution is 2.43. The molecule has 1 heterocycles. The molecule has 1 amide bonds. The molecule has 0 aliphatic carbocycles. The van der Waals surface area contributed by atoms with Crippen LogP contribution in [0.1, 0.15) is 49.1 Å². The van der Waals surface area contributed by atoms with Crippen LogP contribution in [0.3, 0.4) is 0 Å². The van der Waals surface area contributed by atoms with Crippen molar-refractivity contribution in [2.75, 3.05) is 4.90 Å². The first-order valence-electron chi connectivity index (χ1n) is 11.8. The van der Waals surface area contributed by atoms with E-state index in [4.69, 9.17) is 16.3 Å². The van der Waals surface area contributed by atoms with E-state index in [0.29, 0.717) is 22.6 Å². The number of Topliss-reactive ketones (excluding diaryl/α,β-unsaturated/α-hetero) is 1. The molecule has 0 saturated carbocycles. The van der Waals surface area contributed by atoms with Crippen molar-refractivity contribution in [3.63, 3.8) is 0 Å². The van der Waals surface area contributed by atoms with Crippen LogP contribution in [-0.2, 0) is 16.0 Å². The maximum Gasteiger partial charge on any atom is 0.300 e. The molecule has 1 unspecified atom stereocenters. The zero-order valence-electron chi connectivity index (χ0n) is 20.6. The highest BCUT2D eigenvalue weighted by atomic mass is 35.5. The fourth-order valence-electron chi connectivity index (χ4n) is 4.34. The van der Waals surface area contributed by atoms with Gasteiger partial charge in [0, 0.05) is 11.3 Å². The van der Waals surface area contributed by atoms with Gasteiger partial charge >= 0.3 is 0 Å². The van der Waals surface area contributed by atoms with Gasteiger partial charge in [-0.15, -0.1) is 0 Å². The van der Waals surface area contributed by atoms with Crippen molar-refractivity contribution in [1.82, 2.24) is 0 Å². The fraction of sp³-hybridized carbons (Fsp3) is 0.241. The molecule has 0 aromatic heterocycles. The zero-order valence-corrected chi connectivity index (χ0v) is 21.3. The van der Waals surface area contributed by atoms with Gasteiger partial charge in [0.1, 0.15) is 17.3 Å². The summed E-state index contributed by atoms with van der Waals surface area (Å²) in [6, 6.07) is 16.0. The number of hydrogen-bond donors (Lipinski definition) is 2. The number of hydrogen-bond acceptors (Lipinski definition) is 5. The number of rotatable bonds is 6. The first kappa shape index (κ1) is 25.3. The second kappa shape index (κ2) is 10.1. The molecule has 186 valence electrons. The Kier molecular flexibility index (Phi) is 7.09. The number of phenolic OH excluding ortho intramolecular Hbond substituents is 1. The highest BCUT2D eigenvalue weighted by molar-refractivity contribution is 6.51. The quantitative estimate of drug-likeness (QED) is 0.232. The van der Waals surface area contributed by atoms with Crippen LogP contribution in [0, 0.1) is 6.92 Å². The number of ether oxygens (including phenoxy) is 1. The summed E-state index contributed by atoms with van der Waals surface area (Å²) in [6.45, 7) is 7.72. The topological polar surface area (TPSA) is 87.1 Å². The Morgan fingerprint density at radius 3 is 2.33 bits per heavy atom. The van der Waals surface area contributed by atoms with Gasteiger partial charge in [-0.3, -0.25) is 14.5 Å². The van der Waals surface area contributed by atoms with Crippen molar-refractivity contribution in [2.45, 2.75) is 46.3 Å². The van der Waals surface area contributed by atoms with Gasteiger partial charge < -0.3 is 14.9 Å². The van der Waals surface area contributed by atoms with E-state index in [9.17, 15) is 19.8 Å². The molecule has 1 aliphatic rings. The molecule has 0 spiro atoms. The molecular weight excluding hydrogens is 478 g/mol. The molecule has 2 N–H and O–H groups in total. The summed E-state index contributed by atoms with van der Waals surface area (Å²) in [6.07, 6.45) is 0.804. The number of aliphatic hydroxyl groups excluding tert-OH is 1. The molecule has 36 heavy (non-hydrogen) atoms. The SMILES string of the molecule is CCc1ccc(N2C(=O)C(=O)/C(=C(\O)c3ccc(OC(C)C)c(C)c3)C2c2ccc(O)c(Cl)c2)cc1. The number of amides is 1. The summed E-state index contributed by atoms with van der Waals surface area (Å²) >= 11 is 6.19. The highest BCUT2D eigenvalue weighted by Gasteiger charge is 2.47. The third-order valence-corrected chi connectivity index (χ3v) is 6.47. The van der Waals surface area contributed by atoms with Crippen LogP contribution < -0.4 is 9.64 Å². The summed E-state index contributed by atoms with van der Waals surface area (Å²) in [5.41, 5.74) is 3.19. The lowest BCUT2D eigenvalue weighted by atomic mass is 9.94. The van der Waals surface area contributed by atoms with E-state index in [1.807, 2.05) is 39.8 Å². The number of carbonyl (C=O) groups is 2. The zero-order chi connectivity index (χ0) is 26.1. The van der Waals surface area contributed by atoms with Crippen molar-refractivity contribution in [1.29, 1.82) is 0 Å². The van der Waals surface area contributed by atoms with Gasteiger partial charge in [-0.1, -0.05) is 36.7 Å². The standard InChI is InChI=1S/C29H28ClNO5/c1-5-18-6-10-21(11-7-18)31-26(19-8-12-23(32)22(30)15-19)25(28(34)29(31)35)27(33)20-9-13-24(17(4)14-20)36-16(2)3/h6-16,26,32-33H,5H2,1-4H3/b27-25-. The summed E-state index contributed by atoms with van der Waals surface area (Å²) in [4.78, 5) is 28.0. The average Bonchev–Trinajstić information content (AvgIpc) is 3.11. The number of aliphatic hydroxyl groups is 1. The number of benzene rings is 3. The monoisotopic (exact) mass is 505 g/mol. The Balaban J connectivity index is 1.90. The molecule has 1 aliphatic heterocycles. The Bertz CT molecular complexity index is 1360. The summed E-state index contributed by atoms with van der Waals surface area (Å²) < 4.78 is 5.79. The lowest BCUT2D eigenvalue weighted by Gasteiger charge is -2.26. The molecule has 3 aromatic rings. The predicted octanol–water partition coefficient (Wildman–Crippen LogP) is 6.33. The molecular formula is C29H28ClNO5. The van der Waals surface area contributed by atoms with Gasteiger partial charge in [-0.05, 0) is 86.3 Å². The van der Waals surface area contributed by atoms with Crippen molar-refractivity contribution >= 4 is 34.7 Å². The smallest absolute Gasteiger partial charge is 0.300 e. The van der Waals surface area contributed by atoms with Crippen molar-refractivity contribution < 1.29 is 24.5 Å². The summed E-state index contributed by atoms with van der Waals surface area (Å²) in [7, 11) is 0. The van der Waals surface area contributed by atoms with Crippen LogP contribution in [0.25, 0.3) is 5.76 Å². The minimum absolute atomic E-state index is 0.0215. The third kappa shape index (κ3) is 4.69. The number of anilines is 1. The first-order valence-corrected chi connectivity index (χ1v) is 12.2. The van der Waals surface area contributed by atoms with Crippen molar-refractivity contribution in [2.24, 2.45) is 0 Å². The minimum Gasteiger partial charge on any atom is -0.507 e. The normalized spacial score (nSPS) is 17.2. The van der Waals surface area contributed by atoms with Gasteiger partial charge in [-0.2, -0.15) is 0 Å². The second-order valence-corrected chi connectivity index (χ2v) is 9.45. The molecule has 4 rings (SSSR count). The van der Waals surface area contributed by atoms with E-state index in [0.717, 1.165) is 17.5 Å². The number of aromatic hydroxyl groups is 1. The van der Waals surface area contributed by atoms with E-state index in [2.05, 4.69) is 0 Å². The van der Waals surface area contributed by atoms with Crippen molar-refractivity contribution in [3.05, 3.63) is 93.5 Å². The number of nitrogens with zero attached hydrogens (tertiary/aromatic N) is 1. The third-order valence-electron chi connectivity index (χ3n) is 6.17. The average molecular weight is 506 g/mol. The van der Waals surface area contributed by atoms with E-state index in [-0.39, 0.29) is 28.2 Å². The molecule has 1 atom stereocenters. The number of ketones is 1. The maximum atomic E-state index is 13.3. The van der Waals surface area contributed by atoms with E-state index in [1.165, 1.54) is 17.0 Å². The lowest BCUT2D eigenvalue weighted by molar-refractivity contribution is -0.132. The minimum atomic E-state index is -0.942. The van der Waals surface area contributed by atoms with Gasteiger partial charge in [0.15, 0.2) is 0 Å². The number of halogens is 1. The Morgan fingerprint density at radius 2 is 1.75 bits per heavy atom. The molecule has 6 nitrogen and oxygen atoms in total. The maximum absolute atomic E-state index is 13.3. The van der Waals surface area contributed by atoms with Crippen LogP contribution in [0.15, 0.2) is 66.2 Å². The molecule has 0 bridgehead atoms. The number of carbonyl (C=O) groups excluding carboxylic acids is 2. The van der Waals surface area contributed by atoms with Crippen LogP contribution in [0.5, 0.6) is 11.5 Å². The molecule has 1 fully saturated rings. The molecule has 3 aromatic carbocycles. The predicted molar refractivity (Wildman–Crippen MR) is 141 cm³/mol. The number of phenols is 1. The molecule has 7 heteroatoms. The second-order valence-electron chi connectivity index (χ2n) is 9.05. The van der Waals surface area contributed by atoms with E-state index < -0.39 is 17.7 Å². The number of aryl methyl sites for hydroxylation is 2. The lowest BCUT2D eigenvalue weighted by Crippen LogP contribution is -2.29. The van der Waals surface area contributed by atoms with Gasteiger partial charge in [-0.25, -0.2) is 0 Å². The summed E-state index contributed by atoms with van der Waals surface area (Å²) in [5.74, 6) is -1.32. The van der Waals surface area contributed by atoms with Gasteiger partial charge in [0.2, 0.25) is 0 Å². The molecule has 0 radical (unpaired) electrons. The molecule has 1 saturated heterocycles. The van der Waals surface area contributed by atoms with E-state index in [1.54, 1.807) is 36.4 Å². The largest absolute Gasteiger partial charge is 0.507 e. The van der Waals surface area contributed by atoms with Crippen LogP contribution in [-0.4, -0.2) is 28.0 Å². The van der Waals surface area contributed by atoms with Gasteiger partial charge in [0.05, 0.1) is 22.7 Å². The van der Waals surface area contributed by atoms with Crippen LogP contribution in [0.4, 0.5) is 5.69 Å². The van der Waals surface area contributed by atoms with Gasteiger partial charge in [0.25, 0.3) is 11.7 Å². The summed E-state index contributed by atoms with van der Waals surface area (Å²) in [5, 5.41) is 21.4. The Labute approximate surface area is 215 Å². The fourth-order valence-corrected chi connectivity index (χ4v) is 4.53. The first-order chi connectivity index (χ1) is 17.1. The Hall–Kier alpha value is -3.77.